The van der Waals surface area contributed by atoms with Crippen LogP contribution in [0.1, 0.15) is 15.9 Å². The normalized spacial score (nSPS) is 10.9. The van der Waals surface area contributed by atoms with E-state index in [1.165, 1.54) is 24.5 Å². The van der Waals surface area contributed by atoms with E-state index in [-0.39, 0.29) is 5.56 Å². The van der Waals surface area contributed by atoms with Crippen molar-refractivity contribution in [2.24, 2.45) is 0 Å². The second-order valence-electron chi connectivity index (χ2n) is 7.33. The molecule has 0 spiro atoms. The highest BCUT2D eigenvalue weighted by Gasteiger charge is 2.17. The standard InChI is InChI=1S/C25H21F2N3O4/c1-33-21-9-7-15-4-2-3-5-17(15)18(21)10-11-28-23-13-20(29-14-30-23)16-6-8-19(24(31)32)22(12-16)34-25(26)27/h2-9,12-14,25H,10-11H2,1H3,(H,31,32)(H,28,29,30). The average molecular weight is 465 g/mol. The lowest BCUT2D eigenvalue weighted by Gasteiger charge is -2.13. The van der Waals surface area contributed by atoms with Gasteiger partial charge in [-0.3, -0.25) is 0 Å². The van der Waals surface area contributed by atoms with Crippen molar-refractivity contribution in [2.45, 2.75) is 13.0 Å². The molecule has 2 N–H and O–H groups in total. The Hall–Kier alpha value is -4.27. The number of aromatic carboxylic acids is 1. The highest BCUT2D eigenvalue weighted by atomic mass is 19.3. The molecular weight excluding hydrogens is 444 g/mol. The van der Waals surface area contributed by atoms with E-state index in [2.05, 4.69) is 26.1 Å². The largest absolute Gasteiger partial charge is 0.496 e. The first-order chi connectivity index (χ1) is 16.5. The third-order valence-corrected chi connectivity index (χ3v) is 5.29. The van der Waals surface area contributed by atoms with Crippen LogP contribution in [0.2, 0.25) is 0 Å². The smallest absolute Gasteiger partial charge is 0.387 e. The zero-order chi connectivity index (χ0) is 24.1. The minimum absolute atomic E-state index is 0.361. The first kappa shape index (κ1) is 22.9. The number of hydrogen-bond donors (Lipinski definition) is 2. The SMILES string of the molecule is COc1ccc2ccccc2c1CCNc1cc(-c2ccc(C(=O)O)c(OC(F)F)c2)ncn1. The van der Waals surface area contributed by atoms with Crippen LogP contribution in [-0.2, 0) is 6.42 Å². The molecule has 1 aromatic heterocycles. The second kappa shape index (κ2) is 10.1. The third kappa shape index (κ3) is 5.03. The molecule has 0 aliphatic rings. The van der Waals surface area contributed by atoms with Crippen molar-refractivity contribution in [1.29, 1.82) is 0 Å². The molecule has 4 aromatic rings. The van der Waals surface area contributed by atoms with Gasteiger partial charge in [0.1, 0.15) is 29.2 Å². The highest BCUT2D eigenvalue weighted by Crippen LogP contribution is 2.30. The van der Waals surface area contributed by atoms with Crippen molar-refractivity contribution in [3.63, 3.8) is 0 Å². The van der Waals surface area contributed by atoms with Gasteiger partial charge < -0.3 is 19.9 Å². The van der Waals surface area contributed by atoms with E-state index in [1.54, 1.807) is 13.2 Å². The number of benzene rings is 3. The molecule has 0 aliphatic carbocycles. The summed E-state index contributed by atoms with van der Waals surface area (Å²) in [6.45, 7) is -2.60. The van der Waals surface area contributed by atoms with Crippen molar-refractivity contribution < 1.29 is 28.2 Å². The Bertz CT molecular complexity index is 1330. The number of methoxy groups -OCH3 is 1. The fourth-order valence-corrected chi connectivity index (χ4v) is 3.74. The minimum atomic E-state index is -3.15. The summed E-state index contributed by atoms with van der Waals surface area (Å²) in [4.78, 5) is 19.7. The van der Waals surface area contributed by atoms with Crippen molar-refractivity contribution in [3.05, 3.63) is 78.1 Å². The quantitative estimate of drug-likeness (QED) is 0.348. The summed E-state index contributed by atoms with van der Waals surface area (Å²) >= 11 is 0. The molecule has 0 atom stereocenters. The van der Waals surface area contributed by atoms with E-state index in [1.807, 2.05) is 30.3 Å². The molecule has 1 heterocycles. The summed E-state index contributed by atoms with van der Waals surface area (Å²) in [6.07, 6.45) is 2.01. The van der Waals surface area contributed by atoms with E-state index in [0.717, 1.165) is 22.1 Å². The zero-order valence-corrected chi connectivity index (χ0v) is 18.2. The number of carboxylic acids is 1. The Morgan fingerprint density at radius 2 is 1.88 bits per heavy atom. The Morgan fingerprint density at radius 1 is 1.06 bits per heavy atom. The predicted molar refractivity (Wildman–Crippen MR) is 124 cm³/mol. The zero-order valence-electron chi connectivity index (χ0n) is 18.2. The molecule has 9 heteroatoms. The third-order valence-electron chi connectivity index (χ3n) is 5.29. The number of fused-ring (bicyclic) bond motifs is 1. The lowest BCUT2D eigenvalue weighted by atomic mass is 10.0. The number of aromatic nitrogens is 2. The molecule has 34 heavy (non-hydrogen) atoms. The van der Waals surface area contributed by atoms with Crippen molar-refractivity contribution in [1.82, 2.24) is 9.97 Å². The van der Waals surface area contributed by atoms with Gasteiger partial charge in [0.25, 0.3) is 0 Å². The molecule has 0 saturated heterocycles. The van der Waals surface area contributed by atoms with Gasteiger partial charge in [-0.15, -0.1) is 0 Å². The summed E-state index contributed by atoms with van der Waals surface area (Å²) in [6, 6.07) is 17.6. The number of anilines is 1. The summed E-state index contributed by atoms with van der Waals surface area (Å²) in [5.74, 6) is -0.468. The van der Waals surface area contributed by atoms with Crippen LogP contribution in [0.5, 0.6) is 11.5 Å². The minimum Gasteiger partial charge on any atom is -0.496 e. The maximum Gasteiger partial charge on any atom is 0.387 e. The summed E-state index contributed by atoms with van der Waals surface area (Å²) < 4.78 is 35.4. The predicted octanol–water partition coefficient (Wildman–Crippen LogP) is 5.26. The van der Waals surface area contributed by atoms with Gasteiger partial charge in [-0.25, -0.2) is 14.8 Å². The summed E-state index contributed by atoms with van der Waals surface area (Å²) in [7, 11) is 1.64. The van der Waals surface area contributed by atoms with Crippen LogP contribution >= 0.6 is 0 Å². The van der Waals surface area contributed by atoms with Gasteiger partial charge in [0.15, 0.2) is 0 Å². The molecule has 3 aromatic carbocycles. The number of ether oxygens (including phenoxy) is 2. The van der Waals surface area contributed by atoms with E-state index >= 15 is 0 Å². The fraction of sp³-hybridized carbons (Fsp3) is 0.160. The van der Waals surface area contributed by atoms with Gasteiger partial charge in [-0.2, -0.15) is 8.78 Å². The van der Waals surface area contributed by atoms with Gasteiger partial charge >= 0.3 is 12.6 Å². The Labute approximate surface area is 194 Å². The molecular formula is C25H21F2N3O4. The molecule has 174 valence electrons. The van der Waals surface area contributed by atoms with E-state index < -0.39 is 18.3 Å². The molecule has 7 nitrogen and oxygen atoms in total. The van der Waals surface area contributed by atoms with Crippen LogP contribution < -0.4 is 14.8 Å². The van der Waals surface area contributed by atoms with Crippen LogP contribution in [0.15, 0.2) is 67.0 Å². The van der Waals surface area contributed by atoms with Crippen LogP contribution in [0.25, 0.3) is 22.0 Å². The van der Waals surface area contributed by atoms with Crippen LogP contribution in [0.4, 0.5) is 14.6 Å². The molecule has 0 bridgehead atoms. The van der Waals surface area contributed by atoms with Crippen molar-refractivity contribution in [3.8, 4) is 22.8 Å². The number of carboxylic acid groups (broad SMARTS) is 1. The monoisotopic (exact) mass is 465 g/mol. The molecule has 0 amide bonds. The van der Waals surface area contributed by atoms with E-state index in [4.69, 9.17) is 4.74 Å². The van der Waals surface area contributed by atoms with Gasteiger partial charge in [-0.1, -0.05) is 36.4 Å². The highest BCUT2D eigenvalue weighted by molar-refractivity contribution is 5.92. The van der Waals surface area contributed by atoms with E-state index in [9.17, 15) is 18.7 Å². The molecule has 0 saturated carbocycles. The van der Waals surface area contributed by atoms with Crippen LogP contribution in [0, 0.1) is 0 Å². The second-order valence-corrected chi connectivity index (χ2v) is 7.33. The lowest BCUT2D eigenvalue weighted by molar-refractivity contribution is -0.0503. The Kier molecular flexibility index (Phi) is 6.82. The van der Waals surface area contributed by atoms with Gasteiger partial charge in [0.05, 0.1) is 12.8 Å². The van der Waals surface area contributed by atoms with Crippen LogP contribution in [0.3, 0.4) is 0 Å². The topological polar surface area (TPSA) is 93.6 Å². The molecule has 0 fully saturated rings. The molecule has 0 unspecified atom stereocenters. The van der Waals surface area contributed by atoms with Gasteiger partial charge in [-0.05, 0) is 35.4 Å². The number of hydrogen-bond acceptors (Lipinski definition) is 6. The number of rotatable bonds is 9. The number of alkyl halides is 2. The molecule has 0 radical (unpaired) electrons. The molecule has 0 aliphatic heterocycles. The summed E-state index contributed by atoms with van der Waals surface area (Å²) in [5, 5.41) is 14.7. The van der Waals surface area contributed by atoms with Crippen LogP contribution in [-0.4, -0.2) is 41.3 Å². The van der Waals surface area contributed by atoms with Gasteiger partial charge in [0, 0.05) is 23.7 Å². The Morgan fingerprint density at radius 3 is 2.65 bits per heavy atom. The number of carbonyl (C=O) groups is 1. The lowest BCUT2D eigenvalue weighted by Crippen LogP contribution is -2.09. The number of halogens is 2. The average Bonchev–Trinajstić information content (AvgIpc) is 2.83. The first-order valence-electron chi connectivity index (χ1n) is 10.4. The first-order valence-corrected chi connectivity index (χ1v) is 10.4. The van der Waals surface area contributed by atoms with Gasteiger partial charge in [0.2, 0.25) is 0 Å². The molecule has 4 rings (SSSR count). The number of nitrogens with zero attached hydrogens (tertiary/aromatic N) is 2. The summed E-state index contributed by atoms with van der Waals surface area (Å²) in [5.41, 5.74) is 1.55. The van der Waals surface area contributed by atoms with Crippen molar-refractivity contribution in [2.75, 3.05) is 19.0 Å². The van der Waals surface area contributed by atoms with Crippen molar-refractivity contribution >= 4 is 22.6 Å². The maximum atomic E-state index is 12.7. The fourth-order valence-electron chi connectivity index (χ4n) is 3.74. The number of nitrogens with one attached hydrogen (secondary N) is 1. The maximum absolute atomic E-state index is 12.7. The van der Waals surface area contributed by atoms with E-state index in [0.29, 0.717) is 30.0 Å². The Balaban J connectivity index is 1.53.